The van der Waals surface area contributed by atoms with Gasteiger partial charge in [-0.25, -0.2) is 17.8 Å². The average molecular weight is 302 g/mol. The molecule has 0 saturated carbocycles. The van der Waals surface area contributed by atoms with E-state index in [9.17, 15) is 12.8 Å². The lowest BCUT2D eigenvalue weighted by Crippen LogP contribution is -2.48. The number of sulfonamides is 1. The molecule has 1 aliphatic heterocycles. The van der Waals surface area contributed by atoms with Crippen LogP contribution in [0.3, 0.4) is 0 Å². The minimum Gasteiger partial charge on any atom is -0.352 e. The van der Waals surface area contributed by atoms with Crippen LogP contribution in [-0.4, -0.2) is 57.2 Å². The maximum atomic E-state index is 14.3. The lowest BCUT2D eigenvalue weighted by atomic mass is 10.2. The molecule has 1 fully saturated rings. The first-order valence-corrected chi connectivity index (χ1v) is 8.26. The van der Waals surface area contributed by atoms with Gasteiger partial charge in [-0.2, -0.15) is 4.31 Å². The molecule has 6 nitrogen and oxygen atoms in total. The van der Waals surface area contributed by atoms with Gasteiger partial charge in [0.1, 0.15) is 0 Å². The van der Waals surface area contributed by atoms with Crippen molar-refractivity contribution in [2.24, 2.45) is 0 Å². The molecule has 0 spiro atoms. The predicted molar refractivity (Wildman–Crippen MR) is 75.6 cm³/mol. The summed E-state index contributed by atoms with van der Waals surface area (Å²) in [5.74, 6) is -0.0412. The molecule has 0 atom stereocenters. The largest absolute Gasteiger partial charge is 0.352 e. The molecule has 0 unspecified atom stereocenters. The van der Waals surface area contributed by atoms with Crippen molar-refractivity contribution in [3.8, 4) is 0 Å². The number of nitrogens with one attached hydrogen (secondary N) is 1. The Kier molecular flexibility index (Phi) is 4.56. The van der Waals surface area contributed by atoms with Crippen molar-refractivity contribution in [1.82, 2.24) is 14.6 Å². The summed E-state index contributed by atoms with van der Waals surface area (Å²) in [6.45, 7) is 2.04. The highest BCUT2D eigenvalue weighted by Gasteiger charge is 2.25. The van der Waals surface area contributed by atoms with E-state index >= 15 is 0 Å². The Balaban J connectivity index is 2.13. The third-order valence-corrected chi connectivity index (χ3v) is 4.63. The van der Waals surface area contributed by atoms with Crippen molar-refractivity contribution >= 4 is 15.8 Å². The Hall–Kier alpha value is -1.25. The Bertz CT molecular complexity index is 571. The van der Waals surface area contributed by atoms with Gasteiger partial charge in [0.15, 0.2) is 11.6 Å². The minimum absolute atomic E-state index is 0.297. The van der Waals surface area contributed by atoms with Gasteiger partial charge in [0.25, 0.3) is 0 Å². The molecule has 8 heteroatoms. The number of hydrogen-bond donors (Lipinski definition) is 1. The van der Waals surface area contributed by atoms with Crippen LogP contribution in [0.25, 0.3) is 0 Å². The number of halogens is 1. The van der Waals surface area contributed by atoms with Gasteiger partial charge in [0.05, 0.1) is 6.26 Å². The lowest BCUT2D eigenvalue weighted by Gasteiger charge is -2.34. The molecular weight excluding hydrogens is 283 g/mol. The molecule has 0 amide bonds. The Labute approximate surface area is 118 Å². The highest BCUT2D eigenvalue weighted by Crippen LogP contribution is 2.21. The van der Waals surface area contributed by atoms with Gasteiger partial charge in [-0.15, -0.1) is 0 Å². The fourth-order valence-electron chi connectivity index (χ4n) is 2.25. The Morgan fingerprint density at radius 1 is 1.35 bits per heavy atom. The number of pyridine rings is 1. The van der Waals surface area contributed by atoms with Gasteiger partial charge < -0.3 is 10.2 Å². The van der Waals surface area contributed by atoms with E-state index in [1.54, 1.807) is 24.2 Å². The van der Waals surface area contributed by atoms with Crippen LogP contribution in [0.4, 0.5) is 10.2 Å². The van der Waals surface area contributed by atoms with Crippen LogP contribution in [-0.2, 0) is 16.6 Å². The van der Waals surface area contributed by atoms with Gasteiger partial charge in [0, 0.05) is 44.5 Å². The summed E-state index contributed by atoms with van der Waals surface area (Å²) in [7, 11) is -1.42. The quantitative estimate of drug-likeness (QED) is 0.849. The third kappa shape index (κ3) is 3.25. The van der Waals surface area contributed by atoms with Crippen LogP contribution in [0.2, 0.25) is 0 Å². The normalized spacial score (nSPS) is 17.4. The highest BCUT2D eigenvalue weighted by molar-refractivity contribution is 7.88. The minimum atomic E-state index is -3.18. The van der Waals surface area contributed by atoms with Crippen LogP contribution in [0, 0.1) is 5.82 Å². The maximum absolute atomic E-state index is 14.3. The van der Waals surface area contributed by atoms with Crippen molar-refractivity contribution < 1.29 is 12.8 Å². The first-order chi connectivity index (χ1) is 9.43. The monoisotopic (exact) mass is 302 g/mol. The van der Waals surface area contributed by atoms with E-state index in [0.29, 0.717) is 44.1 Å². The summed E-state index contributed by atoms with van der Waals surface area (Å²) in [6, 6.07) is 1.64. The standard InChI is InChI=1S/C12H19FN4O2S/c1-14-9-10-3-4-15-12(11(10)13)16-5-7-17(8-6-16)20(2,18)19/h3-4,14H,5-9H2,1-2H3. The molecule has 1 aliphatic rings. The van der Waals surface area contributed by atoms with Gasteiger partial charge in [-0.1, -0.05) is 0 Å². The number of hydrogen-bond acceptors (Lipinski definition) is 5. The molecule has 1 N–H and O–H groups in total. The van der Waals surface area contributed by atoms with Gasteiger partial charge in [0.2, 0.25) is 10.0 Å². The summed E-state index contributed by atoms with van der Waals surface area (Å²) in [6.07, 6.45) is 2.77. The Morgan fingerprint density at radius 3 is 2.55 bits per heavy atom. The number of nitrogens with zero attached hydrogens (tertiary/aromatic N) is 3. The molecule has 0 radical (unpaired) electrons. The molecule has 2 heterocycles. The number of rotatable bonds is 4. The first-order valence-electron chi connectivity index (χ1n) is 6.41. The van der Waals surface area contributed by atoms with Crippen molar-refractivity contribution in [2.75, 3.05) is 44.4 Å². The molecule has 1 aromatic heterocycles. The van der Waals surface area contributed by atoms with Crippen LogP contribution in [0.1, 0.15) is 5.56 Å². The lowest BCUT2D eigenvalue weighted by molar-refractivity contribution is 0.384. The average Bonchev–Trinajstić information content (AvgIpc) is 2.41. The molecule has 1 aromatic rings. The zero-order chi connectivity index (χ0) is 14.8. The second-order valence-corrected chi connectivity index (χ2v) is 6.77. The molecule has 2 rings (SSSR count). The molecular formula is C12H19FN4O2S. The van der Waals surface area contributed by atoms with Crippen LogP contribution >= 0.6 is 0 Å². The summed E-state index contributed by atoms with van der Waals surface area (Å²) in [5.41, 5.74) is 0.558. The molecule has 1 saturated heterocycles. The van der Waals surface area contributed by atoms with Gasteiger partial charge >= 0.3 is 0 Å². The highest BCUT2D eigenvalue weighted by atomic mass is 32.2. The van der Waals surface area contributed by atoms with Crippen LogP contribution in [0.15, 0.2) is 12.3 Å². The van der Waals surface area contributed by atoms with Crippen LogP contribution in [0.5, 0.6) is 0 Å². The van der Waals surface area contributed by atoms with Crippen LogP contribution < -0.4 is 10.2 Å². The summed E-state index contributed by atoms with van der Waals surface area (Å²) in [4.78, 5) is 5.88. The topological polar surface area (TPSA) is 65.5 Å². The van der Waals surface area contributed by atoms with Crippen molar-refractivity contribution in [3.63, 3.8) is 0 Å². The molecule has 20 heavy (non-hydrogen) atoms. The van der Waals surface area contributed by atoms with E-state index in [-0.39, 0.29) is 5.82 Å². The predicted octanol–water partition coefficient (Wildman–Crippen LogP) is 0.0217. The van der Waals surface area contributed by atoms with E-state index in [1.165, 1.54) is 10.6 Å². The van der Waals surface area contributed by atoms with Crippen molar-refractivity contribution in [2.45, 2.75) is 6.54 Å². The van der Waals surface area contributed by atoms with E-state index in [0.717, 1.165) is 0 Å². The van der Waals surface area contributed by atoms with E-state index < -0.39 is 10.0 Å². The Morgan fingerprint density at radius 2 is 2.00 bits per heavy atom. The molecule has 0 bridgehead atoms. The fraction of sp³-hybridized carbons (Fsp3) is 0.583. The zero-order valence-corrected chi connectivity index (χ0v) is 12.5. The second-order valence-electron chi connectivity index (χ2n) is 4.79. The third-order valence-electron chi connectivity index (χ3n) is 3.33. The molecule has 112 valence electrons. The second kappa shape index (κ2) is 6.02. The van der Waals surface area contributed by atoms with E-state index in [2.05, 4.69) is 10.3 Å². The van der Waals surface area contributed by atoms with E-state index in [1.807, 2.05) is 0 Å². The summed E-state index contributed by atoms with van der Waals surface area (Å²) in [5, 5.41) is 2.91. The van der Waals surface area contributed by atoms with Crippen molar-refractivity contribution in [1.29, 1.82) is 0 Å². The van der Waals surface area contributed by atoms with E-state index in [4.69, 9.17) is 0 Å². The first kappa shape index (κ1) is 15.1. The summed E-state index contributed by atoms with van der Waals surface area (Å²) < 4.78 is 38.6. The van der Waals surface area contributed by atoms with Gasteiger partial charge in [-0.3, -0.25) is 0 Å². The smallest absolute Gasteiger partial charge is 0.211 e. The maximum Gasteiger partial charge on any atom is 0.211 e. The number of aromatic nitrogens is 1. The summed E-state index contributed by atoms with van der Waals surface area (Å²) >= 11 is 0. The van der Waals surface area contributed by atoms with Crippen molar-refractivity contribution in [3.05, 3.63) is 23.6 Å². The zero-order valence-electron chi connectivity index (χ0n) is 11.6. The number of anilines is 1. The number of piperazine rings is 1. The molecule has 0 aliphatic carbocycles. The van der Waals surface area contributed by atoms with Gasteiger partial charge in [-0.05, 0) is 13.1 Å². The molecule has 0 aromatic carbocycles. The fourth-order valence-corrected chi connectivity index (χ4v) is 3.08. The SMILES string of the molecule is CNCc1ccnc(N2CCN(S(C)(=O)=O)CC2)c1F.